The Hall–Kier alpha value is -3.13. The number of H-pyrrole nitrogens is 1. The van der Waals surface area contributed by atoms with E-state index in [1.807, 2.05) is 19.1 Å². The third kappa shape index (κ3) is 5.48. The smallest absolute Gasteiger partial charge is 0.339 e. The quantitative estimate of drug-likeness (QED) is 0.403. The molecule has 0 saturated heterocycles. The van der Waals surface area contributed by atoms with Crippen LogP contribution in [-0.2, 0) is 9.53 Å². The van der Waals surface area contributed by atoms with Gasteiger partial charge in [0.15, 0.2) is 6.54 Å². The van der Waals surface area contributed by atoms with Crippen LogP contribution in [0, 0.1) is 13.8 Å². The van der Waals surface area contributed by atoms with Gasteiger partial charge in [-0.1, -0.05) is 19.1 Å². The van der Waals surface area contributed by atoms with Gasteiger partial charge < -0.3 is 24.7 Å². The summed E-state index contributed by atoms with van der Waals surface area (Å²) in [6, 6.07) is 7.17. The van der Waals surface area contributed by atoms with Gasteiger partial charge in [0.2, 0.25) is 5.78 Å². The maximum atomic E-state index is 12.9. The van der Waals surface area contributed by atoms with E-state index in [2.05, 4.69) is 10.3 Å². The number of amides is 1. The highest BCUT2D eigenvalue weighted by molar-refractivity contribution is 6.02. The molecular formula is C22H30N3O5+. The molecular weight excluding hydrogens is 386 g/mol. The number of ether oxygens (including phenoxy) is 2. The first kappa shape index (κ1) is 23.2. The van der Waals surface area contributed by atoms with Gasteiger partial charge in [-0.15, -0.1) is 0 Å². The van der Waals surface area contributed by atoms with Crippen molar-refractivity contribution < 1.29 is 28.8 Å². The largest absolute Gasteiger partial charge is 0.495 e. The number of nitrogens with one attached hydrogen (secondary N) is 3. The molecule has 1 aromatic carbocycles. The molecule has 0 bridgehead atoms. The maximum Gasteiger partial charge on any atom is 0.339 e. The van der Waals surface area contributed by atoms with Crippen LogP contribution in [0.15, 0.2) is 24.3 Å². The number of quaternary nitrogens is 1. The molecule has 30 heavy (non-hydrogen) atoms. The summed E-state index contributed by atoms with van der Waals surface area (Å²) in [7, 11) is 2.85. The molecule has 1 aromatic heterocycles. The van der Waals surface area contributed by atoms with Gasteiger partial charge in [0.25, 0.3) is 5.91 Å². The summed E-state index contributed by atoms with van der Waals surface area (Å²) in [6.07, 6.45) is 0.820. The first-order valence-electron chi connectivity index (χ1n) is 9.89. The number of benzene rings is 1. The van der Waals surface area contributed by atoms with Crippen LogP contribution in [0.1, 0.15) is 45.4 Å². The van der Waals surface area contributed by atoms with Crippen molar-refractivity contribution in [3.63, 3.8) is 0 Å². The van der Waals surface area contributed by atoms with Gasteiger partial charge in [-0.25, -0.2) is 4.79 Å². The molecule has 1 amide bonds. The molecule has 8 heteroatoms. The highest BCUT2D eigenvalue weighted by Crippen LogP contribution is 2.22. The summed E-state index contributed by atoms with van der Waals surface area (Å²) in [5, 5.41) is 2.85. The van der Waals surface area contributed by atoms with Crippen molar-refractivity contribution in [3.8, 4) is 5.75 Å². The van der Waals surface area contributed by atoms with Crippen LogP contribution in [0.2, 0.25) is 0 Å². The van der Waals surface area contributed by atoms with Crippen LogP contribution in [0.3, 0.4) is 0 Å². The molecule has 0 radical (unpaired) electrons. The minimum atomic E-state index is -0.478. The zero-order valence-corrected chi connectivity index (χ0v) is 18.2. The Kier molecular flexibility index (Phi) is 8.17. The van der Waals surface area contributed by atoms with Crippen molar-refractivity contribution in [1.29, 1.82) is 0 Å². The molecule has 8 nitrogen and oxygen atoms in total. The number of hydrogen-bond donors (Lipinski definition) is 3. The number of esters is 1. The van der Waals surface area contributed by atoms with Crippen molar-refractivity contribution in [2.45, 2.75) is 27.2 Å². The summed E-state index contributed by atoms with van der Waals surface area (Å²) in [4.78, 5) is 41.3. The normalized spacial score (nSPS) is 11.6. The number of hydrogen-bond acceptors (Lipinski definition) is 5. The zero-order valence-electron chi connectivity index (χ0n) is 18.2. The monoisotopic (exact) mass is 416 g/mol. The second-order valence-electron chi connectivity index (χ2n) is 7.14. The molecule has 0 saturated carbocycles. The molecule has 1 atom stereocenters. The number of methoxy groups -OCH3 is 2. The number of ketones is 1. The van der Waals surface area contributed by atoms with Crippen molar-refractivity contribution >= 4 is 23.3 Å². The zero-order chi connectivity index (χ0) is 22.3. The molecule has 0 aliphatic rings. The fraction of sp³-hybridized carbons (Fsp3) is 0.409. The molecule has 0 aliphatic heterocycles. The minimum absolute atomic E-state index is 0.134. The second-order valence-corrected chi connectivity index (χ2v) is 7.14. The number of aromatic amines is 1. The molecule has 2 rings (SSSR count). The van der Waals surface area contributed by atoms with Gasteiger partial charge in [0.1, 0.15) is 12.3 Å². The first-order valence-corrected chi connectivity index (χ1v) is 9.89. The predicted octanol–water partition coefficient (Wildman–Crippen LogP) is 1.54. The fourth-order valence-corrected chi connectivity index (χ4v) is 3.51. The average Bonchev–Trinajstić information content (AvgIpc) is 3.02. The number of aryl methyl sites for hydroxylation is 1. The lowest BCUT2D eigenvalue weighted by Crippen LogP contribution is -3.14. The highest BCUT2D eigenvalue weighted by Gasteiger charge is 2.26. The number of carbonyl (C=O) groups is 3. The number of carbonyl (C=O) groups excluding carboxylic acids is 3. The number of anilines is 1. The van der Waals surface area contributed by atoms with E-state index in [0.29, 0.717) is 40.5 Å². The predicted molar refractivity (Wildman–Crippen MR) is 113 cm³/mol. The maximum absolute atomic E-state index is 12.9. The highest BCUT2D eigenvalue weighted by atomic mass is 16.5. The summed E-state index contributed by atoms with van der Waals surface area (Å²) in [5.74, 6) is -0.259. The van der Waals surface area contributed by atoms with Crippen molar-refractivity contribution in [1.82, 2.24) is 4.98 Å². The lowest BCUT2D eigenvalue weighted by Gasteiger charge is -2.18. The number of aromatic nitrogens is 1. The van der Waals surface area contributed by atoms with Gasteiger partial charge in [-0.3, -0.25) is 9.59 Å². The molecule has 0 aliphatic carbocycles. The lowest BCUT2D eigenvalue weighted by molar-refractivity contribution is -0.883. The van der Waals surface area contributed by atoms with Crippen LogP contribution in [-0.4, -0.2) is 56.5 Å². The third-order valence-electron chi connectivity index (χ3n) is 4.91. The Bertz CT molecular complexity index is 919. The van der Waals surface area contributed by atoms with E-state index < -0.39 is 5.97 Å². The first-order chi connectivity index (χ1) is 14.3. The van der Waals surface area contributed by atoms with E-state index in [4.69, 9.17) is 9.47 Å². The average molecular weight is 416 g/mol. The van der Waals surface area contributed by atoms with E-state index in [1.54, 1.807) is 33.1 Å². The Balaban J connectivity index is 2.11. The number of para-hydroxylation sites is 2. The van der Waals surface area contributed by atoms with Crippen LogP contribution in [0.25, 0.3) is 0 Å². The summed E-state index contributed by atoms with van der Waals surface area (Å²) in [5.41, 5.74) is 2.51. The van der Waals surface area contributed by atoms with Gasteiger partial charge in [-0.05, 0) is 38.0 Å². The Morgan fingerprint density at radius 1 is 1.10 bits per heavy atom. The lowest BCUT2D eigenvalue weighted by atomic mass is 10.1. The Labute approximate surface area is 176 Å². The third-order valence-corrected chi connectivity index (χ3v) is 4.91. The molecule has 0 spiro atoms. The van der Waals surface area contributed by atoms with Crippen LogP contribution >= 0.6 is 0 Å². The van der Waals surface area contributed by atoms with Gasteiger partial charge in [0.05, 0.1) is 37.7 Å². The van der Waals surface area contributed by atoms with Gasteiger partial charge in [0, 0.05) is 5.69 Å². The van der Waals surface area contributed by atoms with E-state index in [1.165, 1.54) is 7.11 Å². The molecule has 2 aromatic rings. The number of Topliss-reactive ketones (excluding diaryl/α,β-unsaturated/α-hetero) is 1. The second kappa shape index (κ2) is 10.6. The SMILES string of the molecule is CCC[NH+](CC(=O)Nc1ccccc1OC)CC(=O)c1[nH]c(C)c(C(=O)OC)c1C. The molecule has 1 heterocycles. The summed E-state index contributed by atoms with van der Waals surface area (Å²) in [6.45, 7) is 6.38. The Morgan fingerprint density at radius 3 is 2.43 bits per heavy atom. The van der Waals surface area contributed by atoms with Crippen molar-refractivity contribution in [2.75, 3.05) is 39.2 Å². The molecule has 162 valence electrons. The molecule has 3 N–H and O–H groups in total. The van der Waals surface area contributed by atoms with Crippen LogP contribution in [0.5, 0.6) is 5.75 Å². The van der Waals surface area contributed by atoms with E-state index in [-0.39, 0.29) is 24.8 Å². The van der Waals surface area contributed by atoms with E-state index in [0.717, 1.165) is 11.3 Å². The summed E-state index contributed by atoms with van der Waals surface area (Å²) >= 11 is 0. The Morgan fingerprint density at radius 2 is 1.80 bits per heavy atom. The fourth-order valence-electron chi connectivity index (χ4n) is 3.51. The van der Waals surface area contributed by atoms with Gasteiger partial charge >= 0.3 is 5.97 Å². The van der Waals surface area contributed by atoms with Crippen molar-refractivity contribution in [2.24, 2.45) is 0 Å². The van der Waals surface area contributed by atoms with E-state index >= 15 is 0 Å². The number of rotatable bonds is 10. The van der Waals surface area contributed by atoms with Crippen molar-refractivity contribution in [3.05, 3.63) is 46.8 Å². The van der Waals surface area contributed by atoms with Gasteiger partial charge in [-0.2, -0.15) is 0 Å². The molecule has 1 unspecified atom stereocenters. The molecule has 0 fully saturated rings. The standard InChI is InChI=1S/C22H29N3O5/c1-6-11-25(13-19(27)24-16-9-7-8-10-18(16)29-4)12-17(26)21-14(2)20(15(3)23-21)22(28)30-5/h7-10,23H,6,11-13H2,1-5H3,(H,24,27)/p+1. The van der Waals surface area contributed by atoms with Crippen LogP contribution in [0.4, 0.5) is 5.69 Å². The van der Waals surface area contributed by atoms with Crippen LogP contribution < -0.4 is 15.0 Å². The minimum Gasteiger partial charge on any atom is -0.495 e. The summed E-state index contributed by atoms with van der Waals surface area (Å²) < 4.78 is 10.1. The van der Waals surface area contributed by atoms with E-state index in [9.17, 15) is 14.4 Å². The topological polar surface area (TPSA) is 102 Å².